The Hall–Kier alpha value is -0.580. The highest BCUT2D eigenvalue weighted by molar-refractivity contribution is 9.10. The Bertz CT molecular complexity index is 315. The second-order valence-electron chi connectivity index (χ2n) is 3.43. The summed E-state index contributed by atoms with van der Waals surface area (Å²) in [5.41, 5.74) is 2.06. The van der Waals surface area contributed by atoms with Gasteiger partial charge in [0.1, 0.15) is 0 Å². The van der Waals surface area contributed by atoms with Crippen LogP contribution in [-0.4, -0.2) is 24.9 Å². The lowest BCUT2D eigenvalue weighted by Crippen LogP contribution is -2.16. The topological polar surface area (TPSA) is 41.5 Å². The summed E-state index contributed by atoms with van der Waals surface area (Å²) in [5.74, 6) is 0. The Morgan fingerprint density at radius 1 is 1.53 bits per heavy atom. The minimum Gasteiger partial charge on any atom is -0.392 e. The van der Waals surface area contributed by atoms with Crippen LogP contribution in [0.3, 0.4) is 0 Å². The molecule has 0 bridgehead atoms. The fraction of sp³-hybridized carbons (Fsp3) is 0.455. The number of nitrogens with one attached hydrogen (secondary N) is 1. The van der Waals surface area contributed by atoms with Crippen LogP contribution in [0.4, 0.5) is 5.69 Å². The average molecular weight is 274 g/mol. The van der Waals surface area contributed by atoms with Gasteiger partial charge in [0.05, 0.1) is 12.7 Å². The van der Waals surface area contributed by atoms with Gasteiger partial charge in [-0.05, 0) is 19.1 Å². The van der Waals surface area contributed by atoms with Crippen LogP contribution in [0.2, 0.25) is 0 Å². The molecule has 1 aromatic carbocycles. The summed E-state index contributed by atoms with van der Waals surface area (Å²) >= 11 is 3.47. The summed E-state index contributed by atoms with van der Waals surface area (Å²) in [5, 5.41) is 12.4. The third-order valence-corrected chi connectivity index (χ3v) is 2.74. The Morgan fingerprint density at radius 3 is 2.87 bits per heavy atom. The SMILES string of the molecule is COCc1c(Br)cccc1NCC(C)O. The Balaban J connectivity index is 2.80. The second kappa shape index (κ2) is 6.10. The molecule has 4 heteroatoms. The molecule has 0 aliphatic heterocycles. The maximum absolute atomic E-state index is 9.20. The van der Waals surface area contributed by atoms with Gasteiger partial charge in [-0.1, -0.05) is 22.0 Å². The molecule has 84 valence electrons. The highest BCUT2D eigenvalue weighted by Gasteiger charge is 2.06. The van der Waals surface area contributed by atoms with Gasteiger partial charge < -0.3 is 15.2 Å². The van der Waals surface area contributed by atoms with E-state index in [-0.39, 0.29) is 6.10 Å². The van der Waals surface area contributed by atoms with Gasteiger partial charge in [-0.3, -0.25) is 0 Å². The third-order valence-electron chi connectivity index (χ3n) is 2.00. The van der Waals surface area contributed by atoms with E-state index in [2.05, 4.69) is 21.2 Å². The fourth-order valence-electron chi connectivity index (χ4n) is 1.27. The van der Waals surface area contributed by atoms with Crippen LogP contribution in [0, 0.1) is 0 Å². The molecule has 0 radical (unpaired) electrons. The van der Waals surface area contributed by atoms with Crippen molar-refractivity contribution in [2.75, 3.05) is 19.0 Å². The number of methoxy groups -OCH3 is 1. The van der Waals surface area contributed by atoms with E-state index < -0.39 is 0 Å². The van der Waals surface area contributed by atoms with E-state index in [4.69, 9.17) is 4.74 Å². The van der Waals surface area contributed by atoms with Gasteiger partial charge in [0.15, 0.2) is 0 Å². The first kappa shape index (κ1) is 12.5. The Labute approximate surface area is 98.6 Å². The molecule has 0 saturated carbocycles. The predicted octanol–water partition coefficient (Wildman–Crippen LogP) is 2.39. The van der Waals surface area contributed by atoms with Crippen LogP contribution in [0.1, 0.15) is 12.5 Å². The summed E-state index contributed by atoms with van der Waals surface area (Å²) in [6, 6.07) is 5.90. The smallest absolute Gasteiger partial charge is 0.0744 e. The van der Waals surface area contributed by atoms with Crippen molar-refractivity contribution in [1.29, 1.82) is 0 Å². The predicted molar refractivity (Wildman–Crippen MR) is 65.0 cm³/mol. The quantitative estimate of drug-likeness (QED) is 0.866. The molecule has 3 nitrogen and oxygen atoms in total. The standard InChI is InChI=1S/C11H16BrNO2/c1-8(14)6-13-11-5-3-4-10(12)9(11)7-15-2/h3-5,8,13-14H,6-7H2,1-2H3. The molecule has 15 heavy (non-hydrogen) atoms. The minimum atomic E-state index is -0.362. The molecular formula is C11H16BrNO2. The van der Waals surface area contributed by atoms with Crippen molar-refractivity contribution >= 4 is 21.6 Å². The van der Waals surface area contributed by atoms with E-state index in [0.29, 0.717) is 13.2 Å². The number of aliphatic hydroxyl groups is 1. The minimum absolute atomic E-state index is 0.362. The summed E-state index contributed by atoms with van der Waals surface area (Å²) in [6.07, 6.45) is -0.362. The van der Waals surface area contributed by atoms with Gasteiger partial charge >= 0.3 is 0 Å². The van der Waals surface area contributed by atoms with Crippen molar-refractivity contribution in [3.63, 3.8) is 0 Å². The molecule has 0 fully saturated rings. The molecule has 0 saturated heterocycles. The van der Waals surface area contributed by atoms with E-state index in [1.165, 1.54) is 0 Å². The number of hydrogen-bond donors (Lipinski definition) is 2. The molecule has 1 aromatic rings. The highest BCUT2D eigenvalue weighted by Crippen LogP contribution is 2.25. The van der Waals surface area contributed by atoms with Gasteiger partial charge in [0.25, 0.3) is 0 Å². The molecule has 0 aliphatic carbocycles. The van der Waals surface area contributed by atoms with Crippen LogP contribution in [0.5, 0.6) is 0 Å². The molecule has 1 unspecified atom stereocenters. The van der Waals surface area contributed by atoms with Crippen LogP contribution in [-0.2, 0) is 11.3 Å². The molecule has 0 aromatic heterocycles. The van der Waals surface area contributed by atoms with Crippen molar-refractivity contribution in [3.05, 3.63) is 28.2 Å². The van der Waals surface area contributed by atoms with Gasteiger partial charge in [0, 0.05) is 29.4 Å². The lowest BCUT2D eigenvalue weighted by atomic mass is 10.2. The van der Waals surface area contributed by atoms with Crippen molar-refractivity contribution < 1.29 is 9.84 Å². The molecule has 0 aliphatic rings. The zero-order valence-electron chi connectivity index (χ0n) is 8.96. The van der Waals surface area contributed by atoms with Crippen LogP contribution < -0.4 is 5.32 Å². The van der Waals surface area contributed by atoms with Gasteiger partial charge in [-0.2, -0.15) is 0 Å². The van der Waals surface area contributed by atoms with Crippen molar-refractivity contribution in [3.8, 4) is 0 Å². The summed E-state index contributed by atoms with van der Waals surface area (Å²) in [4.78, 5) is 0. The van der Waals surface area contributed by atoms with Crippen molar-refractivity contribution in [2.45, 2.75) is 19.6 Å². The number of hydrogen-bond acceptors (Lipinski definition) is 3. The lowest BCUT2D eigenvalue weighted by Gasteiger charge is -2.14. The Kier molecular flexibility index (Phi) is 5.08. The molecule has 2 N–H and O–H groups in total. The van der Waals surface area contributed by atoms with E-state index in [1.807, 2.05) is 18.2 Å². The highest BCUT2D eigenvalue weighted by atomic mass is 79.9. The van der Waals surface area contributed by atoms with Crippen LogP contribution in [0.15, 0.2) is 22.7 Å². The van der Waals surface area contributed by atoms with E-state index in [0.717, 1.165) is 15.7 Å². The van der Waals surface area contributed by atoms with Crippen LogP contribution in [0.25, 0.3) is 0 Å². The lowest BCUT2D eigenvalue weighted by molar-refractivity contribution is 0.184. The first-order valence-corrected chi connectivity index (χ1v) is 5.62. The molecule has 0 amide bonds. The molecule has 0 heterocycles. The molecule has 0 spiro atoms. The summed E-state index contributed by atoms with van der Waals surface area (Å²) < 4.78 is 6.14. The van der Waals surface area contributed by atoms with Gasteiger partial charge in [0.2, 0.25) is 0 Å². The number of benzene rings is 1. The second-order valence-corrected chi connectivity index (χ2v) is 4.28. The van der Waals surface area contributed by atoms with Crippen LogP contribution >= 0.6 is 15.9 Å². The Morgan fingerprint density at radius 2 is 2.27 bits per heavy atom. The number of aliphatic hydroxyl groups excluding tert-OH is 1. The number of halogens is 1. The van der Waals surface area contributed by atoms with Gasteiger partial charge in [-0.15, -0.1) is 0 Å². The maximum atomic E-state index is 9.20. The normalized spacial score (nSPS) is 12.5. The average Bonchev–Trinajstić information content (AvgIpc) is 2.19. The summed E-state index contributed by atoms with van der Waals surface area (Å²) in [6.45, 7) is 2.83. The number of rotatable bonds is 5. The monoisotopic (exact) mass is 273 g/mol. The molecule has 1 atom stereocenters. The van der Waals surface area contributed by atoms with E-state index >= 15 is 0 Å². The largest absolute Gasteiger partial charge is 0.392 e. The van der Waals surface area contributed by atoms with Gasteiger partial charge in [-0.25, -0.2) is 0 Å². The third kappa shape index (κ3) is 3.81. The van der Waals surface area contributed by atoms with E-state index in [9.17, 15) is 5.11 Å². The number of ether oxygens (including phenoxy) is 1. The summed E-state index contributed by atoms with van der Waals surface area (Å²) in [7, 11) is 1.66. The van der Waals surface area contributed by atoms with E-state index in [1.54, 1.807) is 14.0 Å². The van der Waals surface area contributed by atoms with Crippen molar-refractivity contribution in [2.24, 2.45) is 0 Å². The zero-order chi connectivity index (χ0) is 11.3. The first-order valence-electron chi connectivity index (χ1n) is 4.83. The maximum Gasteiger partial charge on any atom is 0.0744 e. The first-order chi connectivity index (χ1) is 7.15. The molecular weight excluding hydrogens is 258 g/mol. The van der Waals surface area contributed by atoms with Crippen molar-refractivity contribution in [1.82, 2.24) is 0 Å². The number of anilines is 1. The molecule has 1 rings (SSSR count). The fourth-order valence-corrected chi connectivity index (χ4v) is 1.75. The zero-order valence-corrected chi connectivity index (χ0v) is 10.5.